The number of esters is 1. The highest BCUT2D eigenvalue weighted by molar-refractivity contribution is 5.82. The molecule has 3 atom stereocenters. The van der Waals surface area contributed by atoms with Crippen LogP contribution in [0.2, 0.25) is 0 Å². The summed E-state index contributed by atoms with van der Waals surface area (Å²) in [7, 11) is 1.38. The maximum Gasteiger partial charge on any atom is 0.411 e. The topological polar surface area (TPSA) is 55.8 Å². The molecular formula is C15H25NO4. The Balaban J connectivity index is 2.17. The number of amides is 1. The van der Waals surface area contributed by atoms with E-state index in [4.69, 9.17) is 9.47 Å². The lowest BCUT2D eigenvalue weighted by Gasteiger charge is -2.29. The fraction of sp³-hybridized carbons (Fsp3) is 0.867. The van der Waals surface area contributed by atoms with Gasteiger partial charge in [-0.25, -0.2) is 9.59 Å². The van der Waals surface area contributed by atoms with Crippen LogP contribution in [0.1, 0.15) is 46.5 Å². The number of likely N-dealkylation sites (tertiary alicyclic amines) is 1. The lowest BCUT2D eigenvalue weighted by molar-refractivity contribution is -0.147. The molecule has 1 unspecified atom stereocenters. The van der Waals surface area contributed by atoms with E-state index in [1.54, 1.807) is 4.90 Å². The SMILES string of the molecule is COC(=O)C1[C@H]2CCCC[C@H]2CN1C(=O)OC(C)(C)C. The van der Waals surface area contributed by atoms with E-state index in [1.165, 1.54) is 13.5 Å². The normalized spacial score (nSPS) is 29.8. The van der Waals surface area contributed by atoms with Crippen LogP contribution in [0, 0.1) is 11.8 Å². The van der Waals surface area contributed by atoms with Gasteiger partial charge in [0.2, 0.25) is 0 Å². The van der Waals surface area contributed by atoms with Crippen LogP contribution in [0.15, 0.2) is 0 Å². The minimum absolute atomic E-state index is 0.226. The first-order chi connectivity index (χ1) is 9.33. The number of nitrogens with zero attached hydrogens (tertiary/aromatic N) is 1. The maximum atomic E-state index is 12.3. The second kappa shape index (κ2) is 5.62. The largest absolute Gasteiger partial charge is 0.467 e. The van der Waals surface area contributed by atoms with Gasteiger partial charge in [0, 0.05) is 6.54 Å². The van der Waals surface area contributed by atoms with Gasteiger partial charge >= 0.3 is 12.1 Å². The average molecular weight is 283 g/mol. The van der Waals surface area contributed by atoms with Crippen molar-refractivity contribution in [2.75, 3.05) is 13.7 Å². The fourth-order valence-corrected chi connectivity index (χ4v) is 3.41. The highest BCUT2D eigenvalue weighted by atomic mass is 16.6. The third kappa shape index (κ3) is 3.07. The van der Waals surface area contributed by atoms with Crippen LogP contribution in [0.25, 0.3) is 0 Å². The maximum absolute atomic E-state index is 12.3. The van der Waals surface area contributed by atoms with Gasteiger partial charge in [-0.2, -0.15) is 0 Å². The van der Waals surface area contributed by atoms with Crippen molar-refractivity contribution in [2.24, 2.45) is 11.8 Å². The van der Waals surface area contributed by atoms with Crippen molar-refractivity contribution in [1.82, 2.24) is 4.90 Å². The molecule has 0 aromatic rings. The van der Waals surface area contributed by atoms with Crippen molar-refractivity contribution in [3.63, 3.8) is 0 Å². The Labute approximate surface area is 120 Å². The second-order valence-corrected chi connectivity index (χ2v) is 6.81. The van der Waals surface area contributed by atoms with Gasteiger partial charge in [0.05, 0.1) is 7.11 Å². The zero-order chi connectivity index (χ0) is 14.9. The van der Waals surface area contributed by atoms with Gasteiger partial charge in [0.25, 0.3) is 0 Å². The first-order valence-corrected chi connectivity index (χ1v) is 7.41. The standard InChI is InChI=1S/C15H25NO4/c1-15(2,3)20-14(18)16-9-10-7-5-6-8-11(10)12(16)13(17)19-4/h10-12H,5-9H2,1-4H3/t10-,11-,12?/m0/s1. The first kappa shape index (κ1) is 15.1. The third-order valence-electron chi connectivity index (χ3n) is 4.21. The molecule has 114 valence electrons. The lowest BCUT2D eigenvalue weighted by atomic mass is 9.78. The molecule has 0 spiro atoms. The van der Waals surface area contributed by atoms with Crippen molar-refractivity contribution >= 4 is 12.1 Å². The summed E-state index contributed by atoms with van der Waals surface area (Å²) in [5, 5.41) is 0. The van der Waals surface area contributed by atoms with E-state index in [0.717, 1.165) is 19.3 Å². The molecule has 0 aromatic carbocycles. The summed E-state index contributed by atoms with van der Waals surface area (Å²) in [4.78, 5) is 26.0. The molecule has 1 aliphatic carbocycles. The molecule has 0 N–H and O–H groups in total. The van der Waals surface area contributed by atoms with Gasteiger partial charge < -0.3 is 9.47 Å². The van der Waals surface area contributed by atoms with Gasteiger partial charge in [-0.15, -0.1) is 0 Å². The summed E-state index contributed by atoms with van der Waals surface area (Å²) >= 11 is 0. The van der Waals surface area contributed by atoms with E-state index in [2.05, 4.69) is 0 Å². The number of hydrogen-bond donors (Lipinski definition) is 0. The predicted molar refractivity (Wildman–Crippen MR) is 74.2 cm³/mol. The Morgan fingerprint density at radius 2 is 1.80 bits per heavy atom. The zero-order valence-electron chi connectivity index (χ0n) is 12.8. The molecule has 5 heteroatoms. The quantitative estimate of drug-likeness (QED) is 0.694. The first-order valence-electron chi connectivity index (χ1n) is 7.41. The molecule has 2 rings (SSSR count). The van der Waals surface area contributed by atoms with Gasteiger partial charge in [-0.3, -0.25) is 4.90 Å². The molecule has 1 aliphatic heterocycles. The van der Waals surface area contributed by atoms with Crippen molar-refractivity contribution in [1.29, 1.82) is 0 Å². The molecule has 5 nitrogen and oxygen atoms in total. The molecule has 2 aliphatic rings. The minimum atomic E-state index is -0.550. The summed E-state index contributed by atoms with van der Waals surface area (Å²) in [6.07, 6.45) is 3.97. The summed E-state index contributed by atoms with van der Waals surface area (Å²) in [5.74, 6) is 0.314. The number of rotatable bonds is 1. The Morgan fingerprint density at radius 1 is 1.15 bits per heavy atom. The highest BCUT2D eigenvalue weighted by Crippen LogP contribution is 2.41. The van der Waals surface area contributed by atoms with Crippen LogP contribution in [0.3, 0.4) is 0 Å². The molecule has 0 radical (unpaired) electrons. The minimum Gasteiger partial charge on any atom is -0.467 e. The van der Waals surface area contributed by atoms with Crippen LogP contribution in [0.5, 0.6) is 0 Å². The molecule has 1 saturated heterocycles. The van der Waals surface area contributed by atoms with Crippen LogP contribution < -0.4 is 0 Å². The van der Waals surface area contributed by atoms with E-state index in [1.807, 2.05) is 20.8 Å². The Hall–Kier alpha value is -1.26. The molecule has 2 fully saturated rings. The average Bonchev–Trinajstić information content (AvgIpc) is 2.75. The van der Waals surface area contributed by atoms with E-state index in [9.17, 15) is 9.59 Å². The number of hydrogen-bond acceptors (Lipinski definition) is 4. The molecular weight excluding hydrogens is 258 g/mol. The molecule has 1 saturated carbocycles. The Morgan fingerprint density at radius 3 is 2.40 bits per heavy atom. The van der Waals surface area contributed by atoms with E-state index >= 15 is 0 Å². The Bertz CT molecular complexity index is 388. The third-order valence-corrected chi connectivity index (χ3v) is 4.21. The smallest absolute Gasteiger partial charge is 0.411 e. The molecule has 0 aromatic heterocycles. The molecule has 1 heterocycles. The highest BCUT2D eigenvalue weighted by Gasteiger charge is 2.49. The molecule has 0 bridgehead atoms. The second-order valence-electron chi connectivity index (χ2n) is 6.81. The number of ether oxygens (including phenoxy) is 2. The van der Waals surface area contributed by atoms with Gasteiger partial charge in [0.15, 0.2) is 0 Å². The number of fused-ring (bicyclic) bond motifs is 1. The van der Waals surface area contributed by atoms with Crippen LogP contribution in [-0.4, -0.2) is 42.3 Å². The van der Waals surface area contributed by atoms with Crippen molar-refractivity contribution < 1.29 is 19.1 Å². The van der Waals surface area contributed by atoms with E-state index in [0.29, 0.717) is 12.5 Å². The van der Waals surface area contributed by atoms with Gasteiger partial charge in [0.1, 0.15) is 11.6 Å². The summed E-state index contributed by atoms with van der Waals surface area (Å²) in [6.45, 7) is 6.11. The van der Waals surface area contributed by atoms with Crippen LogP contribution in [-0.2, 0) is 14.3 Å². The zero-order valence-corrected chi connectivity index (χ0v) is 12.8. The monoisotopic (exact) mass is 283 g/mol. The number of carbonyl (C=O) groups is 2. The van der Waals surface area contributed by atoms with Crippen LogP contribution in [0.4, 0.5) is 4.79 Å². The summed E-state index contributed by atoms with van der Waals surface area (Å²) in [6, 6.07) is -0.472. The van der Waals surface area contributed by atoms with E-state index < -0.39 is 17.7 Å². The van der Waals surface area contributed by atoms with Gasteiger partial charge in [-0.1, -0.05) is 12.8 Å². The van der Waals surface area contributed by atoms with E-state index in [-0.39, 0.29) is 11.9 Å². The fourth-order valence-electron chi connectivity index (χ4n) is 3.41. The summed E-state index contributed by atoms with van der Waals surface area (Å²) in [5.41, 5.74) is -0.550. The molecule has 1 amide bonds. The Kier molecular flexibility index (Phi) is 4.25. The van der Waals surface area contributed by atoms with Crippen molar-refractivity contribution in [3.05, 3.63) is 0 Å². The van der Waals surface area contributed by atoms with Gasteiger partial charge in [-0.05, 0) is 45.4 Å². The predicted octanol–water partition coefficient (Wildman–Crippen LogP) is 2.59. The molecule has 20 heavy (non-hydrogen) atoms. The van der Waals surface area contributed by atoms with Crippen LogP contribution >= 0.6 is 0 Å². The number of methoxy groups -OCH3 is 1. The van der Waals surface area contributed by atoms with Crippen molar-refractivity contribution in [3.8, 4) is 0 Å². The van der Waals surface area contributed by atoms with Crippen molar-refractivity contribution in [2.45, 2.75) is 58.1 Å². The lowest BCUT2D eigenvalue weighted by Crippen LogP contribution is -2.46. The number of carbonyl (C=O) groups excluding carboxylic acids is 2. The summed E-state index contributed by atoms with van der Waals surface area (Å²) < 4.78 is 10.3.